The van der Waals surface area contributed by atoms with Crippen LogP contribution in [0.1, 0.15) is 30.9 Å². The second-order valence-corrected chi connectivity index (χ2v) is 5.62. The van der Waals surface area contributed by atoms with Crippen molar-refractivity contribution < 1.29 is 5.11 Å². The van der Waals surface area contributed by atoms with E-state index in [1.165, 1.54) is 11.1 Å². The maximum atomic E-state index is 9.95. The van der Waals surface area contributed by atoms with E-state index in [0.29, 0.717) is 0 Å². The molecule has 0 saturated carbocycles. The molecule has 19 heavy (non-hydrogen) atoms. The van der Waals surface area contributed by atoms with Crippen molar-refractivity contribution in [3.8, 4) is 0 Å². The zero-order valence-corrected chi connectivity index (χ0v) is 11.9. The Kier molecular flexibility index (Phi) is 4.78. The smallest absolute Gasteiger partial charge is 0.0540 e. The zero-order valence-electron chi connectivity index (χ0n) is 11.9. The number of benzene rings is 1. The van der Waals surface area contributed by atoms with Crippen LogP contribution >= 0.6 is 0 Å². The predicted octanol–water partition coefficient (Wildman–Crippen LogP) is 2.76. The van der Waals surface area contributed by atoms with Crippen LogP contribution in [0.2, 0.25) is 0 Å². The lowest BCUT2D eigenvalue weighted by molar-refractivity contribution is 0.0964. The third-order valence-corrected chi connectivity index (χ3v) is 4.32. The highest BCUT2D eigenvalue weighted by Crippen LogP contribution is 2.34. The third kappa shape index (κ3) is 3.07. The molecule has 1 aliphatic heterocycles. The van der Waals surface area contributed by atoms with Gasteiger partial charge >= 0.3 is 0 Å². The molecule has 0 aliphatic carbocycles. The highest BCUT2D eigenvalue weighted by atomic mass is 16.3. The normalized spacial score (nSPS) is 24.3. The molecule has 2 heteroatoms. The minimum Gasteiger partial charge on any atom is -0.395 e. The first-order valence-corrected chi connectivity index (χ1v) is 7.27. The Morgan fingerprint density at radius 2 is 2.11 bits per heavy atom. The Labute approximate surface area is 116 Å². The van der Waals surface area contributed by atoms with Crippen molar-refractivity contribution in [2.75, 3.05) is 26.2 Å². The number of hydrogen-bond acceptors (Lipinski definition) is 2. The molecule has 0 bridgehead atoms. The van der Waals surface area contributed by atoms with Crippen LogP contribution < -0.4 is 0 Å². The number of aliphatic hydroxyl groups excluding tert-OH is 1. The van der Waals surface area contributed by atoms with Crippen molar-refractivity contribution in [1.29, 1.82) is 0 Å². The van der Waals surface area contributed by atoms with Gasteiger partial charge in [0.1, 0.15) is 0 Å². The minimum absolute atomic E-state index is 0.0898. The fourth-order valence-corrected chi connectivity index (χ4v) is 3.12. The number of piperidine rings is 1. The van der Waals surface area contributed by atoms with Gasteiger partial charge in [0, 0.05) is 18.5 Å². The highest BCUT2D eigenvalue weighted by Gasteiger charge is 2.36. The van der Waals surface area contributed by atoms with Crippen LogP contribution in [0.15, 0.2) is 36.9 Å². The molecular weight excluding hydrogens is 234 g/mol. The quantitative estimate of drug-likeness (QED) is 0.822. The molecule has 1 heterocycles. The minimum atomic E-state index is -0.0898. The van der Waals surface area contributed by atoms with Gasteiger partial charge in [-0.15, -0.1) is 6.58 Å². The number of nitrogens with zero attached hydrogens (tertiary/aromatic N) is 1. The molecule has 0 radical (unpaired) electrons. The lowest BCUT2D eigenvalue weighted by Gasteiger charge is -2.42. The van der Waals surface area contributed by atoms with Crippen molar-refractivity contribution in [3.63, 3.8) is 0 Å². The van der Waals surface area contributed by atoms with Crippen molar-refractivity contribution in [3.05, 3.63) is 48.0 Å². The van der Waals surface area contributed by atoms with Crippen LogP contribution in [0, 0.1) is 0 Å². The fraction of sp³-hybridized carbons (Fsp3) is 0.529. The molecule has 0 aromatic heterocycles. The number of aliphatic hydroxyl groups is 1. The molecule has 2 nitrogen and oxygen atoms in total. The summed E-state index contributed by atoms with van der Waals surface area (Å²) < 4.78 is 0. The van der Waals surface area contributed by atoms with Gasteiger partial charge in [-0.3, -0.25) is 4.90 Å². The van der Waals surface area contributed by atoms with E-state index in [1.54, 1.807) is 0 Å². The lowest BCUT2D eigenvalue weighted by atomic mass is 9.74. The van der Waals surface area contributed by atoms with Crippen LogP contribution in [0.25, 0.3) is 0 Å². The summed E-state index contributed by atoms with van der Waals surface area (Å²) in [6, 6.07) is 8.79. The van der Waals surface area contributed by atoms with Crippen LogP contribution in [-0.2, 0) is 11.8 Å². The maximum Gasteiger partial charge on any atom is 0.0540 e. The van der Waals surface area contributed by atoms with Gasteiger partial charge in [0.15, 0.2) is 0 Å². The van der Waals surface area contributed by atoms with Gasteiger partial charge in [-0.1, -0.05) is 37.3 Å². The Bertz CT molecular complexity index is 412. The molecular formula is C17H25NO. The van der Waals surface area contributed by atoms with Crippen LogP contribution in [0.5, 0.6) is 0 Å². The van der Waals surface area contributed by atoms with E-state index in [9.17, 15) is 5.11 Å². The molecule has 1 aromatic carbocycles. The van der Waals surface area contributed by atoms with Crippen molar-refractivity contribution in [2.24, 2.45) is 0 Å². The average molecular weight is 259 g/mol. The Hall–Kier alpha value is -1.12. The topological polar surface area (TPSA) is 23.5 Å². The van der Waals surface area contributed by atoms with Crippen molar-refractivity contribution in [2.45, 2.75) is 31.6 Å². The summed E-state index contributed by atoms with van der Waals surface area (Å²) >= 11 is 0. The molecule has 104 valence electrons. The van der Waals surface area contributed by atoms with Gasteiger partial charge in [-0.2, -0.15) is 0 Å². The summed E-state index contributed by atoms with van der Waals surface area (Å²) in [6.07, 6.45) is 5.23. The number of rotatable bonds is 5. The fourth-order valence-electron chi connectivity index (χ4n) is 3.12. The van der Waals surface area contributed by atoms with Crippen LogP contribution in [-0.4, -0.2) is 36.2 Å². The molecule has 0 spiro atoms. The summed E-state index contributed by atoms with van der Waals surface area (Å²) in [5.74, 6) is 0. The highest BCUT2D eigenvalue weighted by molar-refractivity contribution is 5.30. The first-order chi connectivity index (χ1) is 9.24. The molecule has 1 fully saturated rings. The molecule has 0 amide bonds. The van der Waals surface area contributed by atoms with Crippen molar-refractivity contribution in [1.82, 2.24) is 4.90 Å². The number of likely N-dealkylation sites (tertiary alicyclic amines) is 1. The van der Waals surface area contributed by atoms with E-state index in [1.807, 2.05) is 6.08 Å². The second kappa shape index (κ2) is 6.36. The summed E-state index contributed by atoms with van der Waals surface area (Å²) in [4.78, 5) is 2.39. The van der Waals surface area contributed by atoms with Crippen LogP contribution in [0.4, 0.5) is 0 Å². The Morgan fingerprint density at radius 3 is 2.68 bits per heavy atom. The summed E-state index contributed by atoms with van der Waals surface area (Å²) in [5, 5.41) is 9.95. The van der Waals surface area contributed by atoms with Crippen LogP contribution in [0.3, 0.4) is 0 Å². The molecule has 1 saturated heterocycles. The second-order valence-electron chi connectivity index (χ2n) is 5.62. The SMILES string of the molecule is C=CCN1CCCC(CO)(c2ccc(CC)cc2)C1. The monoisotopic (exact) mass is 259 g/mol. The van der Waals surface area contributed by atoms with Gasteiger partial charge in [0.2, 0.25) is 0 Å². The Morgan fingerprint density at radius 1 is 1.37 bits per heavy atom. The van der Waals surface area contributed by atoms with E-state index in [-0.39, 0.29) is 12.0 Å². The van der Waals surface area contributed by atoms with E-state index >= 15 is 0 Å². The largest absolute Gasteiger partial charge is 0.395 e. The zero-order chi connectivity index (χ0) is 13.7. The van der Waals surface area contributed by atoms with Crippen molar-refractivity contribution >= 4 is 0 Å². The molecule has 1 unspecified atom stereocenters. The summed E-state index contributed by atoms with van der Waals surface area (Å²) in [7, 11) is 0. The van der Waals surface area contributed by atoms with E-state index < -0.39 is 0 Å². The standard InChI is InChI=1S/C17H25NO/c1-3-11-18-12-5-10-17(13-18,14-19)16-8-6-15(4-2)7-9-16/h3,6-9,19H,1,4-5,10-14H2,2H3. The van der Waals surface area contributed by atoms with Gasteiger partial charge in [-0.05, 0) is 36.9 Å². The van der Waals surface area contributed by atoms with Gasteiger partial charge < -0.3 is 5.11 Å². The molecule has 2 rings (SSSR count). The van der Waals surface area contributed by atoms with Gasteiger partial charge in [0.05, 0.1) is 6.61 Å². The maximum absolute atomic E-state index is 9.95. The van der Waals surface area contributed by atoms with E-state index in [0.717, 1.165) is 38.9 Å². The molecule has 1 aliphatic rings. The number of aryl methyl sites for hydroxylation is 1. The molecule has 1 aromatic rings. The first kappa shape index (κ1) is 14.3. The number of hydrogen-bond donors (Lipinski definition) is 1. The first-order valence-electron chi connectivity index (χ1n) is 7.27. The third-order valence-electron chi connectivity index (χ3n) is 4.32. The average Bonchev–Trinajstić information content (AvgIpc) is 2.48. The molecule has 1 N–H and O–H groups in total. The van der Waals surface area contributed by atoms with Gasteiger partial charge in [-0.25, -0.2) is 0 Å². The summed E-state index contributed by atoms with van der Waals surface area (Å²) in [5.41, 5.74) is 2.55. The Balaban J connectivity index is 2.22. The van der Waals surface area contributed by atoms with E-state index in [4.69, 9.17) is 0 Å². The lowest BCUT2D eigenvalue weighted by Crippen LogP contribution is -2.48. The van der Waals surface area contributed by atoms with E-state index in [2.05, 4.69) is 42.7 Å². The summed E-state index contributed by atoms with van der Waals surface area (Å²) in [6.45, 7) is 9.17. The molecule has 1 atom stereocenters. The predicted molar refractivity (Wildman–Crippen MR) is 80.5 cm³/mol. The van der Waals surface area contributed by atoms with Gasteiger partial charge in [0.25, 0.3) is 0 Å².